The Hall–Kier alpha value is -1.02. The molecule has 1 heterocycles. The topological polar surface area (TPSA) is 48.9 Å². The number of aliphatic imine (C=N–C) groups is 1. The van der Waals surface area contributed by atoms with Gasteiger partial charge in [-0.3, -0.25) is 4.99 Å². The quantitative estimate of drug-likeness (QED) is 0.390. The zero-order chi connectivity index (χ0) is 17.5. The average molecular weight is 460 g/mol. The number of hydrogen-bond donors (Lipinski definition) is 2. The highest BCUT2D eigenvalue weighted by atomic mass is 127. The summed E-state index contributed by atoms with van der Waals surface area (Å²) in [6, 6.07) is 6.34. The van der Waals surface area contributed by atoms with Crippen LogP contribution in [-0.4, -0.2) is 50.7 Å². The van der Waals surface area contributed by atoms with E-state index in [1.807, 2.05) is 7.05 Å². The number of likely N-dealkylation sites (tertiary alicyclic amines) is 1. The SMILES string of the molecule is CN=C(NCc1ccc(C)cc1OC(C)C)NCC1CCN(C)C1.I. The number of hydrogen-bond acceptors (Lipinski definition) is 3. The van der Waals surface area contributed by atoms with E-state index in [1.165, 1.54) is 18.5 Å². The fourth-order valence-corrected chi connectivity index (χ4v) is 3.00. The highest BCUT2D eigenvalue weighted by Gasteiger charge is 2.19. The normalized spacial score (nSPS) is 18.2. The van der Waals surface area contributed by atoms with Crippen LogP contribution in [0.5, 0.6) is 5.75 Å². The maximum Gasteiger partial charge on any atom is 0.191 e. The lowest BCUT2D eigenvalue weighted by molar-refractivity contribution is 0.239. The highest BCUT2D eigenvalue weighted by molar-refractivity contribution is 14.0. The molecule has 1 atom stereocenters. The van der Waals surface area contributed by atoms with Crippen LogP contribution in [0.4, 0.5) is 0 Å². The molecule has 1 unspecified atom stereocenters. The largest absolute Gasteiger partial charge is 0.491 e. The van der Waals surface area contributed by atoms with Crippen LogP contribution in [-0.2, 0) is 6.54 Å². The monoisotopic (exact) mass is 460 g/mol. The zero-order valence-electron chi connectivity index (χ0n) is 16.1. The number of rotatable bonds is 6. The lowest BCUT2D eigenvalue weighted by Gasteiger charge is -2.18. The third-order valence-corrected chi connectivity index (χ3v) is 4.30. The zero-order valence-corrected chi connectivity index (χ0v) is 18.5. The summed E-state index contributed by atoms with van der Waals surface area (Å²) in [5.74, 6) is 2.50. The molecule has 0 aromatic heterocycles. The molecule has 1 aliphatic heterocycles. The molecule has 1 saturated heterocycles. The minimum atomic E-state index is 0. The minimum Gasteiger partial charge on any atom is -0.491 e. The van der Waals surface area contributed by atoms with Gasteiger partial charge in [-0.25, -0.2) is 0 Å². The van der Waals surface area contributed by atoms with E-state index >= 15 is 0 Å². The van der Waals surface area contributed by atoms with Crippen molar-refractivity contribution in [1.82, 2.24) is 15.5 Å². The van der Waals surface area contributed by atoms with Gasteiger partial charge in [0.1, 0.15) is 5.75 Å². The third kappa shape index (κ3) is 7.40. The van der Waals surface area contributed by atoms with E-state index in [-0.39, 0.29) is 30.1 Å². The van der Waals surface area contributed by atoms with Gasteiger partial charge in [-0.2, -0.15) is 0 Å². The molecule has 0 amide bonds. The molecule has 0 saturated carbocycles. The van der Waals surface area contributed by atoms with Crippen LogP contribution in [0.1, 0.15) is 31.4 Å². The Morgan fingerprint density at radius 3 is 2.72 bits per heavy atom. The molecule has 0 aliphatic carbocycles. The van der Waals surface area contributed by atoms with Gasteiger partial charge in [-0.15, -0.1) is 24.0 Å². The first-order valence-electron chi connectivity index (χ1n) is 8.87. The predicted molar refractivity (Wildman–Crippen MR) is 116 cm³/mol. The second-order valence-electron chi connectivity index (χ2n) is 7.00. The van der Waals surface area contributed by atoms with Gasteiger partial charge in [0.05, 0.1) is 6.10 Å². The van der Waals surface area contributed by atoms with Crippen LogP contribution in [0.25, 0.3) is 0 Å². The van der Waals surface area contributed by atoms with Crippen molar-refractivity contribution in [2.45, 2.75) is 39.8 Å². The van der Waals surface area contributed by atoms with Crippen molar-refractivity contribution in [2.75, 3.05) is 33.7 Å². The number of aryl methyl sites for hydroxylation is 1. The van der Waals surface area contributed by atoms with E-state index < -0.39 is 0 Å². The molecular formula is C19H33IN4O. The molecule has 142 valence electrons. The summed E-state index contributed by atoms with van der Waals surface area (Å²) in [5, 5.41) is 6.84. The van der Waals surface area contributed by atoms with Crippen LogP contribution in [0.15, 0.2) is 23.2 Å². The first-order valence-corrected chi connectivity index (χ1v) is 8.87. The Kier molecular flexibility index (Phi) is 9.56. The lowest BCUT2D eigenvalue weighted by Crippen LogP contribution is -2.39. The average Bonchev–Trinajstić information content (AvgIpc) is 2.94. The van der Waals surface area contributed by atoms with E-state index in [0.29, 0.717) is 12.5 Å². The van der Waals surface area contributed by atoms with E-state index in [4.69, 9.17) is 4.74 Å². The number of nitrogens with one attached hydrogen (secondary N) is 2. The van der Waals surface area contributed by atoms with Crippen LogP contribution in [0, 0.1) is 12.8 Å². The third-order valence-electron chi connectivity index (χ3n) is 4.30. The van der Waals surface area contributed by atoms with Crippen molar-refractivity contribution in [3.8, 4) is 5.75 Å². The standard InChI is InChI=1S/C19H32N4O.HI/c1-14(2)24-18-10-15(3)6-7-17(18)12-22-19(20-4)21-11-16-8-9-23(5)13-16;/h6-7,10,14,16H,8-9,11-13H2,1-5H3,(H2,20,21,22);1H. The van der Waals surface area contributed by atoms with E-state index in [0.717, 1.165) is 30.4 Å². The van der Waals surface area contributed by atoms with Gasteiger partial charge < -0.3 is 20.3 Å². The molecule has 2 N–H and O–H groups in total. The minimum absolute atomic E-state index is 0. The number of halogens is 1. The van der Waals surface area contributed by atoms with E-state index in [1.54, 1.807) is 0 Å². The molecule has 0 spiro atoms. The lowest BCUT2D eigenvalue weighted by atomic mass is 10.1. The summed E-state index contributed by atoms with van der Waals surface area (Å²) in [5.41, 5.74) is 2.36. The van der Waals surface area contributed by atoms with Crippen molar-refractivity contribution >= 4 is 29.9 Å². The van der Waals surface area contributed by atoms with Gasteiger partial charge in [0.15, 0.2) is 5.96 Å². The number of nitrogens with zero attached hydrogens (tertiary/aromatic N) is 2. The fraction of sp³-hybridized carbons (Fsp3) is 0.632. The first kappa shape index (κ1) is 22.0. The van der Waals surface area contributed by atoms with Crippen LogP contribution >= 0.6 is 24.0 Å². The van der Waals surface area contributed by atoms with Crippen molar-refractivity contribution in [3.05, 3.63) is 29.3 Å². The Bertz CT molecular complexity index is 562. The summed E-state index contributed by atoms with van der Waals surface area (Å²) >= 11 is 0. The van der Waals surface area contributed by atoms with E-state index in [9.17, 15) is 0 Å². The second-order valence-corrected chi connectivity index (χ2v) is 7.00. The van der Waals surface area contributed by atoms with Gasteiger partial charge in [0.2, 0.25) is 0 Å². The molecule has 5 nitrogen and oxygen atoms in total. The van der Waals surface area contributed by atoms with Gasteiger partial charge in [-0.05, 0) is 58.3 Å². The van der Waals surface area contributed by atoms with Crippen molar-refractivity contribution in [2.24, 2.45) is 10.9 Å². The summed E-state index contributed by atoms with van der Waals surface area (Å²) in [6.07, 6.45) is 1.42. The van der Waals surface area contributed by atoms with Crippen LogP contribution in [0.3, 0.4) is 0 Å². The predicted octanol–water partition coefficient (Wildman–Crippen LogP) is 3.02. The van der Waals surface area contributed by atoms with Crippen molar-refractivity contribution < 1.29 is 4.74 Å². The number of ether oxygens (including phenoxy) is 1. The first-order chi connectivity index (χ1) is 11.5. The van der Waals surface area contributed by atoms with E-state index in [2.05, 4.69) is 66.5 Å². The number of benzene rings is 1. The maximum atomic E-state index is 5.94. The Morgan fingerprint density at radius 2 is 2.12 bits per heavy atom. The summed E-state index contributed by atoms with van der Waals surface area (Å²) in [4.78, 5) is 6.71. The molecule has 0 radical (unpaired) electrons. The Morgan fingerprint density at radius 1 is 1.36 bits per heavy atom. The summed E-state index contributed by atoms with van der Waals surface area (Å²) < 4.78 is 5.94. The molecule has 1 aromatic rings. The van der Waals surface area contributed by atoms with Crippen molar-refractivity contribution in [3.63, 3.8) is 0 Å². The number of guanidine groups is 1. The molecule has 2 rings (SSSR count). The molecule has 1 aromatic carbocycles. The fourth-order valence-electron chi connectivity index (χ4n) is 3.00. The van der Waals surface area contributed by atoms with Gasteiger partial charge in [0, 0.05) is 32.2 Å². The molecule has 25 heavy (non-hydrogen) atoms. The van der Waals surface area contributed by atoms with Crippen LogP contribution < -0.4 is 15.4 Å². The van der Waals surface area contributed by atoms with Crippen LogP contribution in [0.2, 0.25) is 0 Å². The molecule has 1 fully saturated rings. The summed E-state index contributed by atoms with van der Waals surface area (Å²) in [6.45, 7) is 10.2. The maximum absolute atomic E-state index is 5.94. The van der Waals surface area contributed by atoms with Crippen molar-refractivity contribution in [1.29, 1.82) is 0 Å². The smallest absolute Gasteiger partial charge is 0.191 e. The summed E-state index contributed by atoms with van der Waals surface area (Å²) in [7, 11) is 4.00. The molecule has 1 aliphatic rings. The molecular weight excluding hydrogens is 427 g/mol. The molecule has 0 bridgehead atoms. The second kappa shape index (κ2) is 10.9. The van der Waals surface area contributed by atoms with Gasteiger partial charge >= 0.3 is 0 Å². The Labute approximate surface area is 169 Å². The van der Waals surface area contributed by atoms with Gasteiger partial charge in [-0.1, -0.05) is 12.1 Å². The Balaban J connectivity index is 0.00000312. The van der Waals surface area contributed by atoms with Gasteiger partial charge in [0.25, 0.3) is 0 Å². The molecule has 6 heteroatoms. The highest BCUT2D eigenvalue weighted by Crippen LogP contribution is 2.21.